The number of nitrogens with zero attached hydrogens (tertiary/aromatic N) is 2. The summed E-state index contributed by atoms with van der Waals surface area (Å²) in [6, 6.07) is 3.96. The van der Waals surface area contributed by atoms with Gasteiger partial charge >= 0.3 is 0 Å². The van der Waals surface area contributed by atoms with Crippen LogP contribution in [-0.2, 0) is 25.9 Å². The zero-order valence-electron chi connectivity index (χ0n) is 10.8. The molecule has 0 aromatic carbocycles. The molecule has 0 amide bonds. The highest BCUT2D eigenvalue weighted by Gasteiger charge is 2.18. The zero-order valence-corrected chi connectivity index (χ0v) is 10.8. The SMILES string of the molecule is Cc1nc2c(n1Cc1ccc(CN)o1)CCCC2. The van der Waals surface area contributed by atoms with Gasteiger partial charge in [0.1, 0.15) is 17.3 Å². The molecule has 0 radical (unpaired) electrons. The minimum absolute atomic E-state index is 0.459. The number of rotatable bonds is 3. The number of aromatic nitrogens is 2. The summed E-state index contributed by atoms with van der Waals surface area (Å²) in [4.78, 5) is 4.67. The molecule has 2 aromatic heterocycles. The fraction of sp³-hybridized carbons (Fsp3) is 0.500. The molecule has 0 aliphatic heterocycles. The Morgan fingerprint density at radius 1 is 1.28 bits per heavy atom. The van der Waals surface area contributed by atoms with Crippen LogP contribution in [0.15, 0.2) is 16.5 Å². The van der Waals surface area contributed by atoms with E-state index in [9.17, 15) is 0 Å². The molecule has 1 aliphatic carbocycles. The van der Waals surface area contributed by atoms with Crippen LogP contribution in [0.3, 0.4) is 0 Å². The van der Waals surface area contributed by atoms with E-state index in [2.05, 4.69) is 16.5 Å². The monoisotopic (exact) mass is 245 g/mol. The molecule has 0 saturated carbocycles. The van der Waals surface area contributed by atoms with Gasteiger partial charge in [-0.2, -0.15) is 0 Å². The lowest BCUT2D eigenvalue weighted by molar-refractivity contribution is 0.449. The van der Waals surface area contributed by atoms with Crippen molar-refractivity contribution in [2.75, 3.05) is 0 Å². The summed E-state index contributed by atoms with van der Waals surface area (Å²) in [5, 5.41) is 0. The maximum atomic E-state index is 5.68. The van der Waals surface area contributed by atoms with E-state index < -0.39 is 0 Å². The number of aryl methyl sites for hydroxylation is 2. The minimum atomic E-state index is 0.459. The van der Waals surface area contributed by atoms with Gasteiger partial charge in [0, 0.05) is 5.69 Å². The van der Waals surface area contributed by atoms with Crippen molar-refractivity contribution in [2.24, 2.45) is 5.73 Å². The summed E-state index contributed by atoms with van der Waals surface area (Å²) in [7, 11) is 0. The molecule has 4 heteroatoms. The molecule has 0 fully saturated rings. The van der Waals surface area contributed by atoms with Crippen molar-refractivity contribution in [1.29, 1.82) is 0 Å². The van der Waals surface area contributed by atoms with E-state index in [1.807, 2.05) is 12.1 Å². The summed E-state index contributed by atoms with van der Waals surface area (Å²) in [6.07, 6.45) is 4.79. The predicted molar refractivity (Wildman–Crippen MR) is 69.3 cm³/mol. The number of furan rings is 1. The van der Waals surface area contributed by atoms with Crippen molar-refractivity contribution < 1.29 is 4.42 Å². The van der Waals surface area contributed by atoms with Crippen molar-refractivity contribution in [3.63, 3.8) is 0 Å². The van der Waals surface area contributed by atoms with Crippen molar-refractivity contribution in [2.45, 2.75) is 45.7 Å². The first kappa shape index (κ1) is 11.5. The Kier molecular flexibility index (Phi) is 2.96. The third-order valence-electron chi connectivity index (χ3n) is 3.66. The van der Waals surface area contributed by atoms with Crippen LogP contribution in [0.1, 0.15) is 41.6 Å². The van der Waals surface area contributed by atoms with Gasteiger partial charge in [-0.05, 0) is 44.7 Å². The van der Waals surface area contributed by atoms with Crippen LogP contribution in [0, 0.1) is 6.92 Å². The van der Waals surface area contributed by atoms with E-state index in [0.717, 1.165) is 36.7 Å². The first-order chi connectivity index (χ1) is 8.78. The Morgan fingerprint density at radius 3 is 2.83 bits per heavy atom. The second kappa shape index (κ2) is 4.61. The molecule has 2 aromatic rings. The number of imidazole rings is 1. The third kappa shape index (κ3) is 1.97. The van der Waals surface area contributed by atoms with Crippen molar-refractivity contribution in [3.8, 4) is 0 Å². The molecule has 2 heterocycles. The van der Waals surface area contributed by atoms with Gasteiger partial charge < -0.3 is 14.7 Å². The number of hydrogen-bond donors (Lipinski definition) is 1. The molecule has 4 nitrogen and oxygen atoms in total. The van der Waals surface area contributed by atoms with Gasteiger partial charge in [-0.3, -0.25) is 0 Å². The zero-order chi connectivity index (χ0) is 12.5. The molecular formula is C14H19N3O. The van der Waals surface area contributed by atoms with Crippen molar-refractivity contribution >= 4 is 0 Å². The highest BCUT2D eigenvalue weighted by Crippen LogP contribution is 2.23. The molecule has 0 bridgehead atoms. The second-order valence-corrected chi connectivity index (χ2v) is 4.92. The first-order valence-corrected chi connectivity index (χ1v) is 6.60. The molecule has 2 N–H and O–H groups in total. The van der Waals surface area contributed by atoms with Gasteiger partial charge in [-0.1, -0.05) is 0 Å². The Bertz CT molecular complexity index is 553. The summed E-state index contributed by atoms with van der Waals surface area (Å²) in [5.41, 5.74) is 8.24. The van der Waals surface area contributed by atoms with Crippen molar-refractivity contribution in [1.82, 2.24) is 9.55 Å². The molecule has 1 aliphatic rings. The van der Waals surface area contributed by atoms with E-state index >= 15 is 0 Å². The maximum absolute atomic E-state index is 5.68. The van der Waals surface area contributed by atoms with Gasteiger partial charge in [0.2, 0.25) is 0 Å². The Morgan fingerprint density at radius 2 is 2.06 bits per heavy atom. The van der Waals surface area contributed by atoms with Gasteiger partial charge in [0.25, 0.3) is 0 Å². The minimum Gasteiger partial charge on any atom is -0.463 e. The molecule has 3 rings (SSSR count). The van der Waals surface area contributed by atoms with Crippen LogP contribution in [0.25, 0.3) is 0 Å². The molecular weight excluding hydrogens is 226 g/mol. The molecule has 0 saturated heterocycles. The lowest BCUT2D eigenvalue weighted by atomic mass is 10.0. The fourth-order valence-corrected chi connectivity index (χ4v) is 2.72. The normalized spacial score (nSPS) is 14.8. The average Bonchev–Trinajstić information content (AvgIpc) is 2.96. The average molecular weight is 245 g/mol. The summed E-state index contributed by atoms with van der Waals surface area (Å²) < 4.78 is 7.96. The van der Waals surface area contributed by atoms with Crippen LogP contribution in [-0.4, -0.2) is 9.55 Å². The van der Waals surface area contributed by atoms with E-state index in [-0.39, 0.29) is 0 Å². The van der Waals surface area contributed by atoms with Crippen molar-refractivity contribution in [3.05, 3.63) is 40.9 Å². The fourth-order valence-electron chi connectivity index (χ4n) is 2.72. The summed E-state index contributed by atoms with van der Waals surface area (Å²) in [6.45, 7) is 3.31. The molecule has 0 atom stereocenters. The van der Waals surface area contributed by atoms with E-state index in [4.69, 9.17) is 10.2 Å². The van der Waals surface area contributed by atoms with Gasteiger partial charge in [0.15, 0.2) is 0 Å². The Labute approximate surface area is 107 Å². The quantitative estimate of drug-likeness (QED) is 0.901. The standard InChI is InChI=1S/C14H19N3O/c1-10-16-13-4-2-3-5-14(13)17(10)9-12-7-6-11(8-15)18-12/h6-7H,2-5,8-9,15H2,1H3. The topological polar surface area (TPSA) is 57.0 Å². The molecule has 0 unspecified atom stereocenters. The highest BCUT2D eigenvalue weighted by atomic mass is 16.3. The van der Waals surface area contributed by atoms with Crippen LogP contribution in [0.4, 0.5) is 0 Å². The molecule has 96 valence electrons. The summed E-state index contributed by atoms with van der Waals surface area (Å²) >= 11 is 0. The van der Waals surface area contributed by atoms with Crippen LogP contribution in [0.5, 0.6) is 0 Å². The van der Waals surface area contributed by atoms with Gasteiger partial charge in [-0.25, -0.2) is 4.98 Å². The van der Waals surface area contributed by atoms with E-state index in [1.54, 1.807) is 0 Å². The van der Waals surface area contributed by atoms with Crippen LogP contribution >= 0.6 is 0 Å². The lowest BCUT2D eigenvalue weighted by Crippen LogP contribution is -2.10. The number of nitrogens with two attached hydrogens (primary N) is 1. The van der Waals surface area contributed by atoms with Gasteiger partial charge in [0.05, 0.1) is 18.8 Å². The smallest absolute Gasteiger partial charge is 0.124 e. The van der Waals surface area contributed by atoms with E-state index in [0.29, 0.717) is 6.54 Å². The predicted octanol–water partition coefficient (Wildman–Crippen LogP) is 2.17. The second-order valence-electron chi connectivity index (χ2n) is 4.92. The van der Waals surface area contributed by atoms with Gasteiger partial charge in [-0.15, -0.1) is 0 Å². The highest BCUT2D eigenvalue weighted by molar-refractivity contribution is 5.21. The van der Waals surface area contributed by atoms with Crippen LogP contribution < -0.4 is 5.73 Å². The molecule has 0 spiro atoms. The number of fused-ring (bicyclic) bond motifs is 1. The largest absolute Gasteiger partial charge is 0.463 e. The van der Waals surface area contributed by atoms with Crippen LogP contribution in [0.2, 0.25) is 0 Å². The maximum Gasteiger partial charge on any atom is 0.124 e. The molecule has 18 heavy (non-hydrogen) atoms. The first-order valence-electron chi connectivity index (χ1n) is 6.60. The van der Waals surface area contributed by atoms with E-state index in [1.165, 1.54) is 24.2 Å². The third-order valence-corrected chi connectivity index (χ3v) is 3.66. The number of hydrogen-bond acceptors (Lipinski definition) is 3. The lowest BCUT2D eigenvalue weighted by Gasteiger charge is -2.13. The Balaban J connectivity index is 1.90. The summed E-state index contributed by atoms with van der Waals surface area (Å²) in [5.74, 6) is 2.90. The Hall–Kier alpha value is -1.55.